The Morgan fingerprint density at radius 2 is 1.93 bits per heavy atom. The van der Waals surface area contributed by atoms with Crippen molar-refractivity contribution in [2.24, 2.45) is 0 Å². The van der Waals surface area contributed by atoms with E-state index in [-0.39, 0.29) is 12.5 Å². The second-order valence-electron chi connectivity index (χ2n) is 6.05. The lowest BCUT2D eigenvalue weighted by atomic mass is 10.2. The Morgan fingerprint density at radius 1 is 1.14 bits per heavy atom. The van der Waals surface area contributed by atoms with Gasteiger partial charge in [0.15, 0.2) is 0 Å². The summed E-state index contributed by atoms with van der Waals surface area (Å²) in [6, 6.07) is 12.3. The van der Waals surface area contributed by atoms with E-state index in [9.17, 15) is 4.79 Å². The number of halogens is 2. The van der Waals surface area contributed by atoms with E-state index in [1.807, 2.05) is 24.3 Å². The predicted octanol–water partition coefficient (Wildman–Crippen LogP) is 4.46. The SMILES string of the molecule is CCCCOc1ccc(-c2nnn(CC(=O)Nc3ccc(Cl)c(Cl)c3)n2)cc1. The van der Waals surface area contributed by atoms with E-state index >= 15 is 0 Å². The highest BCUT2D eigenvalue weighted by molar-refractivity contribution is 6.42. The summed E-state index contributed by atoms with van der Waals surface area (Å²) in [6.07, 6.45) is 2.10. The number of aromatic nitrogens is 4. The van der Waals surface area contributed by atoms with Gasteiger partial charge in [-0.05, 0) is 54.1 Å². The summed E-state index contributed by atoms with van der Waals surface area (Å²) in [4.78, 5) is 13.4. The van der Waals surface area contributed by atoms with E-state index in [0.29, 0.717) is 28.2 Å². The third-order valence-electron chi connectivity index (χ3n) is 3.82. The van der Waals surface area contributed by atoms with E-state index in [1.165, 1.54) is 4.80 Å². The maximum absolute atomic E-state index is 12.2. The van der Waals surface area contributed by atoms with Gasteiger partial charge in [-0.3, -0.25) is 4.79 Å². The lowest BCUT2D eigenvalue weighted by Crippen LogP contribution is -2.20. The summed E-state index contributed by atoms with van der Waals surface area (Å²) in [5.41, 5.74) is 1.33. The molecule has 28 heavy (non-hydrogen) atoms. The van der Waals surface area contributed by atoms with Crippen molar-refractivity contribution in [1.29, 1.82) is 0 Å². The van der Waals surface area contributed by atoms with Crippen LogP contribution in [0, 0.1) is 0 Å². The fraction of sp³-hybridized carbons (Fsp3) is 0.263. The number of unbranched alkanes of at least 4 members (excludes halogenated alkanes) is 1. The quantitative estimate of drug-likeness (QED) is 0.544. The minimum Gasteiger partial charge on any atom is -0.494 e. The van der Waals surface area contributed by atoms with Crippen LogP contribution >= 0.6 is 23.2 Å². The highest BCUT2D eigenvalue weighted by atomic mass is 35.5. The highest BCUT2D eigenvalue weighted by Gasteiger charge is 2.10. The van der Waals surface area contributed by atoms with E-state index < -0.39 is 0 Å². The minimum absolute atomic E-state index is 0.0779. The Morgan fingerprint density at radius 3 is 2.64 bits per heavy atom. The van der Waals surface area contributed by atoms with Gasteiger partial charge in [0, 0.05) is 11.3 Å². The standard InChI is InChI=1S/C19H19Cl2N5O2/c1-2-3-10-28-15-7-4-13(5-8-15)19-23-25-26(24-19)12-18(27)22-14-6-9-16(20)17(21)11-14/h4-9,11H,2-3,10,12H2,1H3,(H,22,27). The van der Waals surface area contributed by atoms with Gasteiger partial charge in [0.1, 0.15) is 12.3 Å². The zero-order chi connectivity index (χ0) is 19.9. The Bertz CT molecular complexity index is 944. The van der Waals surface area contributed by atoms with Crippen molar-refractivity contribution in [3.8, 4) is 17.1 Å². The Kier molecular flexibility index (Phi) is 6.84. The molecule has 3 aromatic rings. The normalized spacial score (nSPS) is 10.7. The zero-order valence-electron chi connectivity index (χ0n) is 15.2. The van der Waals surface area contributed by atoms with Crippen LogP contribution in [0.3, 0.4) is 0 Å². The van der Waals surface area contributed by atoms with Gasteiger partial charge in [-0.25, -0.2) is 0 Å². The van der Waals surface area contributed by atoms with Crippen molar-refractivity contribution >= 4 is 34.8 Å². The summed E-state index contributed by atoms with van der Waals surface area (Å²) in [5, 5.41) is 15.7. The molecule has 0 saturated carbocycles. The predicted molar refractivity (Wildman–Crippen MR) is 109 cm³/mol. The van der Waals surface area contributed by atoms with Crippen molar-refractivity contribution in [3.05, 3.63) is 52.5 Å². The van der Waals surface area contributed by atoms with Gasteiger partial charge < -0.3 is 10.1 Å². The van der Waals surface area contributed by atoms with Crippen molar-refractivity contribution in [2.75, 3.05) is 11.9 Å². The Balaban J connectivity index is 1.58. The molecule has 0 aliphatic heterocycles. The van der Waals surface area contributed by atoms with Gasteiger partial charge in [-0.1, -0.05) is 36.5 Å². The Hall–Kier alpha value is -2.64. The number of tetrazole rings is 1. The molecule has 0 aliphatic carbocycles. The number of amides is 1. The molecule has 1 aromatic heterocycles. The number of ether oxygens (including phenoxy) is 1. The maximum atomic E-state index is 12.2. The molecule has 0 bridgehead atoms. The number of rotatable bonds is 8. The minimum atomic E-state index is -0.304. The zero-order valence-corrected chi connectivity index (χ0v) is 16.7. The van der Waals surface area contributed by atoms with Crippen LogP contribution in [0.4, 0.5) is 5.69 Å². The lowest BCUT2D eigenvalue weighted by Gasteiger charge is -2.05. The van der Waals surface area contributed by atoms with Crippen LogP contribution in [0.1, 0.15) is 19.8 Å². The van der Waals surface area contributed by atoms with Gasteiger partial charge in [0.2, 0.25) is 11.7 Å². The first-order valence-corrected chi connectivity index (χ1v) is 9.56. The second-order valence-corrected chi connectivity index (χ2v) is 6.86. The molecular weight excluding hydrogens is 401 g/mol. The second kappa shape index (κ2) is 9.52. The van der Waals surface area contributed by atoms with E-state index in [2.05, 4.69) is 27.7 Å². The number of hydrogen-bond donors (Lipinski definition) is 1. The monoisotopic (exact) mass is 419 g/mol. The molecule has 1 heterocycles. The largest absolute Gasteiger partial charge is 0.494 e. The average molecular weight is 420 g/mol. The summed E-state index contributed by atoms with van der Waals surface area (Å²) in [5.74, 6) is 0.926. The van der Waals surface area contributed by atoms with Gasteiger partial charge in [-0.2, -0.15) is 4.80 Å². The molecule has 2 aromatic carbocycles. The molecule has 0 aliphatic rings. The summed E-state index contributed by atoms with van der Waals surface area (Å²) < 4.78 is 5.64. The first kappa shape index (κ1) is 20.1. The molecule has 0 saturated heterocycles. The third-order valence-corrected chi connectivity index (χ3v) is 4.56. The molecule has 0 spiro atoms. The summed E-state index contributed by atoms with van der Waals surface area (Å²) in [6.45, 7) is 2.73. The van der Waals surface area contributed by atoms with Gasteiger partial charge in [0.25, 0.3) is 0 Å². The van der Waals surface area contributed by atoms with Crippen LogP contribution in [0.5, 0.6) is 5.75 Å². The number of hydrogen-bond acceptors (Lipinski definition) is 5. The average Bonchev–Trinajstić information content (AvgIpc) is 3.14. The molecule has 0 fully saturated rings. The number of nitrogens with zero attached hydrogens (tertiary/aromatic N) is 4. The topological polar surface area (TPSA) is 81.9 Å². The fourth-order valence-corrected chi connectivity index (χ4v) is 2.66. The number of carbonyl (C=O) groups is 1. The molecule has 7 nitrogen and oxygen atoms in total. The molecule has 0 unspecified atom stereocenters. The first-order valence-electron chi connectivity index (χ1n) is 8.81. The highest BCUT2D eigenvalue weighted by Crippen LogP contribution is 2.25. The molecule has 0 radical (unpaired) electrons. The van der Waals surface area contributed by atoms with Crippen LogP contribution in [-0.2, 0) is 11.3 Å². The third kappa shape index (κ3) is 5.43. The lowest BCUT2D eigenvalue weighted by molar-refractivity contribution is -0.117. The summed E-state index contributed by atoms with van der Waals surface area (Å²) >= 11 is 11.8. The molecule has 1 N–H and O–H groups in total. The van der Waals surface area contributed by atoms with Gasteiger partial charge in [0.05, 0.1) is 16.7 Å². The Labute approximate surface area is 172 Å². The van der Waals surface area contributed by atoms with E-state index in [1.54, 1.807) is 18.2 Å². The van der Waals surface area contributed by atoms with E-state index in [4.69, 9.17) is 27.9 Å². The van der Waals surface area contributed by atoms with Gasteiger partial charge >= 0.3 is 0 Å². The molecule has 146 valence electrons. The van der Waals surface area contributed by atoms with Crippen molar-refractivity contribution in [2.45, 2.75) is 26.3 Å². The molecule has 3 rings (SSSR count). The van der Waals surface area contributed by atoms with Crippen LogP contribution < -0.4 is 10.1 Å². The van der Waals surface area contributed by atoms with Crippen molar-refractivity contribution in [3.63, 3.8) is 0 Å². The molecule has 9 heteroatoms. The summed E-state index contributed by atoms with van der Waals surface area (Å²) in [7, 11) is 0. The van der Waals surface area contributed by atoms with Crippen LogP contribution in [0.15, 0.2) is 42.5 Å². The maximum Gasteiger partial charge on any atom is 0.248 e. The smallest absolute Gasteiger partial charge is 0.248 e. The van der Waals surface area contributed by atoms with Crippen LogP contribution in [0.25, 0.3) is 11.4 Å². The van der Waals surface area contributed by atoms with Crippen LogP contribution in [0.2, 0.25) is 10.0 Å². The number of nitrogens with one attached hydrogen (secondary N) is 1. The van der Waals surface area contributed by atoms with Crippen molar-refractivity contribution < 1.29 is 9.53 Å². The molecular formula is C19H19Cl2N5O2. The number of benzene rings is 2. The van der Waals surface area contributed by atoms with Gasteiger partial charge in [-0.15, -0.1) is 10.2 Å². The molecule has 1 amide bonds. The molecule has 0 atom stereocenters. The number of anilines is 1. The van der Waals surface area contributed by atoms with Crippen molar-refractivity contribution in [1.82, 2.24) is 20.2 Å². The van der Waals surface area contributed by atoms with Crippen LogP contribution in [-0.4, -0.2) is 32.7 Å². The van der Waals surface area contributed by atoms with E-state index in [0.717, 1.165) is 24.2 Å². The first-order chi connectivity index (χ1) is 13.5. The fourth-order valence-electron chi connectivity index (χ4n) is 2.36. The number of carbonyl (C=O) groups excluding carboxylic acids is 1.